The Morgan fingerprint density at radius 1 is 1.39 bits per heavy atom. The Hall–Kier alpha value is -1.72. The van der Waals surface area contributed by atoms with Crippen LogP contribution in [0, 0.1) is 0 Å². The maximum atomic E-state index is 12.0. The van der Waals surface area contributed by atoms with Gasteiger partial charge in [0, 0.05) is 18.3 Å². The number of hydrogen-bond donors (Lipinski definition) is 2. The van der Waals surface area contributed by atoms with Crippen molar-refractivity contribution in [3.63, 3.8) is 0 Å². The molecule has 6 heteroatoms. The van der Waals surface area contributed by atoms with E-state index in [4.69, 9.17) is 0 Å². The first kappa shape index (κ1) is 12.7. The topological polar surface area (TPSA) is 41.1 Å². The molecule has 0 spiro atoms. The maximum Gasteiger partial charge on any atom is 0.471 e. The molecule has 0 bridgehead atoms. The zero-order valence-corrected chi connectivity index (χ0v) is 9.55. The van der Waals surface area contributed by atoms with Crippen LogP contribution in [0.2, 0.25) is 0 Å². The quantitative estimate of drug-likeness (QED) is 0.852. The van der Waals surface area contributed by atoms with Gasteiger partial charge in [0.15, 0.2) is 0 Å². The number of rotatable bonds is 2. The summed E-state index contributed by atoms with van der Waals surface area (Å²) in [6, 6.07) is 7.49. The van der Waals surface area contributed by atoms with Gasteiger partial charge in [-0.25, -0.2) is 0 Å². The fourth-order valence-electron chi connectivity index (χ4n) is 1.97. The average Bonchev–Trinajstić information content (AvgIpc) is 2.34. The van der Waals surface area contributed by atoms with Crippen LogP contribution in [0.1, 0.15) is 12.0 Å². The molecule has 1 aliphatic heterocycles. The molecule has 1 aliphatic rings. The van der Waals surface area contributed by atoms with Gasteiger partial charge in [-0.1, -0.05) is 18.2 Å². The van der Waals surface area contributed by atoms with Crippen LogP contribution in [0.15, 0.2) is 24.3 Å². The average molecular weight is 258 g/mol. The lowest BCUT2D eigenvalue weighted by Gasteiger charge is -2.27. The highest BCUT2D eigenvalue weighted by Crippen LogP contribution is 2.24. The Kier molecular flexibility index (Phi) is 3.45. The summed E-state index contributed by atoms with van der Waals surface area (Å²) >= 11 is 0. The van der Waals surface area contributed by atoms with Crippen LogP contribution in [0.4, 0.5) is 18.9 Å². The van der Waals surface area contributed by atoms with Crippen LogP contribution < -0.4 is 10.6 Å². The molecule has 98 valence electrons. The fourth-order valence-corrected chi connectivity index (χ4v) is 1.97. The van der Waals surface area contributed by atoms with Crippen molar-refractivity contribution in [2.45, 2.75) is 25.1 Å². The highest BCUT2D eigenvalue weighted by atomic mass is 19.4. The molecule has 1 unspecified atom stereocenters. The first-order valence-electron chi connectivity index (χ1n) is 5.66. The van der Waals surface area contributed by atoms with Crippen LogP contribution >= 0.6 is 0 Å². The zero-order chi connectivity index (χ0) is 13.2. The molecule has 0 aromatic heterocycles. The Labute approximate surface area is 102 Å². The molecule has 0 saturated carbocycles. The summed E-state index contributed by atoms with van der Waals surface area (Å²) in [5.74, 6) is -1.89. The summed E-state index contributed by atoms with van der Waals surface area (Å²) in [7, 11) is 0. The number of para-hydroxylation sites is 1. The van der Waals surface area contributed by atoms with E-state index < -0.39 is 12.1 Å². The van der Waals surface area contributed by atoms with E-state index in [1.54, 1.807) is 0 Å². The molecule has 3 nitrogen and oxygen atoms in total. The molecule has 1 atom stereocenters. The van der Waals surface area contributed by atoms with Gasteiger partial charge in [0.2, 0.25) is 0 Å². The Morgan fingerprint density at radius 2 is 2.11 bits per heavy atom. The monoisotopic (exact) mass is 258 g/mol. The van der Waals surface area contributed by atoms with Gasteiger partial charge in [-0.3, -0.25) is 4.79 Å². The fraction of sp³-hybridized carbons (Fsp3) is 0.417. The number of halogens is 3. The van der Waals surface area contributed by atoms with Crippen molar-refractivity contribution in [3.8, 4) is 0 Å². The second-order valence-electron chi connectivity index (χ2n) is 4.24. The number of aryl methyl sites for hydroxylation is 1. The minimum Gasteiger partial charge on any atom is -0.380 e. The second-order valence-corrected chi connectivity index (χ2v) is 4.24. The largest absolute Gasteiger partial charge is 0.471 e. The van der Waals surface area contributed by atoms with Crippen molar-refractivity contribution < 1.29 is 18.0 Å². The SMILES string of the molecule is O=C(NCC1CCc2ccccc2N1)C(F)(F)F. The molecule has 1 heterocycles. The lowest BCUT2D eigenvalue weighted by atomic mass is 9.98. The predicted octanol–water partition coefficient (Wildman–Crippen LogP) is 2.09. The normalized spacial score (nSPS) is 18.7. The van der Waals surface area contributed by atoms with E-state index in [2.05, 4.69) is 5.32 Å². The van der Waals surface area contributed by atoms with E-state index in [1.807, 2.05) is 29.6 Å². The number of benzene rings is 1. The Morgan fingerprint density at radius 3 is 2.83 bits per heavy atom. The van der Waals surface area contributed by atoms with E-state index >= 15 is 0 Å². The summed E-state index contributed by atoms with van der Waals surface area (Å²) in [6.45, 7) is -0.0212. The van der Waals surface area contributed by atoms with Crippen molar-refractivity contribution in [3.05, 3.63) is 29.8 Å². The van der Waals surface area contributed by atoms with Crippen LogP contribution in [-0.4, -0.2) is 24.7 Å². The summed E-state index contributed by atoms with van der Waals surface area (Å²) in [6.07, 6.45) is -3.31. The molecule has 0 saturated heterocycles. The predicted molar refractivity (Wildman–Crippen MR) is 61.2 cm³/mol. The number of nitrogens with one attached hydrogen (secondary N) is 2. The third-order valence-electron chi connectivity index (χ3n) is 2.91. The maximum absolute atomic E-state index is 12.0. The minimum atomic E-state index is -4.81. The van der Waals surface area contributed by atoms with Crippen LogP contribution in [-0.2, 0) is 11.2 Å². The van der Waals surface area contributed by atoms with E-state index in [0.717, 1.165) is 17.7 Å². The van der Waals surface area contributed by atoms with Gasteiger partial charge in [0.1, 0.15) is 0 Å². The molecule has 0 aliphatic carbocycles. The number of carbonyl (C=O) groups is 1. The van der Waals surface area contributed by atoms with Crippen LogP contribution in [0.25, 0.3) is 0 Å². The smallest absolute Gasteiger partial charge is 0.380 e. The van der Waals surface area contributed by atoms with Crippen molar-refractivity contribution in [2.75, 3.05) is 11.9 Å². The highest BCUT2D eigenvalue weighted by Gasteiger charge is 2.38. The Bertz CT molecular complexity index is 445. The lowest BCUT2D eigenvalue weighted by molar-refractivity contribution is -0.173. The van der Waals surface area contributed by atoms with Crippen molar-refractivity contribution >= 4 is 11.6 Å². The van der Waals surface area contributed by atoms with Gasteiger partial charge in [0.05, 0.1) is 0 Å². The molecule has 1 aromatic rings. The van der Waals surface area contributed by atoms with Gasteiger partial charge in [-0.2, -0.15) is 13.2 Å². The van der Waals surface area contributed by atoms with Gasteiger partial charge >= 0.3 is 12.1 Å². The van der Waals surface area contributed by atoms with Crippen molar-refractivity contribution in [1.29, 1.82) is 0 Å². The third-order valence-corrected chi connectivity index (χ3v) is 2.91. The van der Waals surface area contributed by atoms with E-state index in [9.17, 15) is 18.0 Å². The standard InChI is InChI=1S/C12H13F3N2O/c13-12(14,15)11(18)16-7-9-6-5-8-3-1-2-4-10(8)17-9/h1-4,9,17H,5-7H2,(H,16,18). The van der Waals surface area contributed by atoms with Gasteiger partial charge in [-0.05, 0) is 24.5 Å². The first-order valence-corrected chi connectivity index (χ1v) is 5.66. The van der Waals surface area contributed by atoms with Gasteiger partial charge in [0.25, 0.3) is 0 Å². The van der Waals surface area contributed by atoms with E-state index in [0.29, 0.717) is 6.42 Å². The third kappa shape index (κ3) is 2.94. The van der Waals surface area contributed by atoms with Crippen LogP contribution in [0.5, 0.6) is 0 Å². The van der Waals surface area contributed by atoms with E-state index in [1.165, 1.54) is 0 Å². The molecular formula is C12H13F3N2O. The summed E-state index contributed by atoms with van der Waals surface area (Å²) in [4.78, 5) is 10.7. The first-order chi connectivity index (χ1) is 8.47. The molecule has 2 N–H and O–H groups in total. The van der Waals surface area contributed by atoms with Crippen molar-refractivity contribution in [2.24, 2.45) is 0 Å². The summed E-state index contributed by atoms with van der Waals surface area (Å²) in [5.41, 5.74) is 2.07. The molecule has 0 radical (unpaired) electrons. The number of alkyl halides is 3. The number of fused-ring (bicyclic) bond motifs is 1. The number of anilines is 1. The zero-order valence-electron chi connectivity index (χ0n) is 9.55. The van der Waals surface area contributed by atoms with E-state index in [-0.39, 0.29) is 12.6 Å². The van der Waals surface area contributed by atoms with Gasteiger partial charge < -0.3 is 10.6 Å². The molecule has 0 fully saturated rings. The minimum absolute atomic E-state index is 0.0212. The summed E-state index contributed by atoms with van der Waals surface area (Å²) < 4.78 is 36.0. The van der Waals surface area contributed by atoms with Gasteiger partial charge in [-0.15, -0.1) is 0 Å². The van der Waals surface area contributed by atoms with Crippen LogP contribution in [0.3, 0.4) is 0 Å². The Balaban J connectivity index is 1.89. The van der Waals surface area contributed by atoms with Crippen molar-refractivity contribution in [1.82, 2.24) is 5.32 Å². The second kappa shape index (κ2) is 4.88. The molecule has 18 heavy (non-hydrogen) atoms. The molecule has 1 amide bonds. The lowest BCUT2D eigenvalue weighted by Crippen LogP contribution is -2.43. The molecule has 1 aromatic carbocycles. The number of amides is 1. The number of hydrogen-bond acceptors (Lipinski definition) is 2. The molecule has 2 rings (SSSR count). The summed E-state index contributed by atoms with van der Waals surface area (Å²) in [5, 5.41) is 5.02. The number of carbonyl (C=O) groups excluding carboxylic acids is 1. The molecular weight excluding hydrogens is 245 g/mol. The highest BCUT2D eigenvalue weighted by molar-refractivity contribution is 5.81.